The van der Waals surface area contributed by atoms with Gasteiger partial charge in [-0.2, -0.15) is 0 Å². The Morgan fingerprint density at radius 3 is 2.44 bits per heavy atom. The lowest BCUT2D eigenvalue weighted by molar-refractivity contribution is 0.00578. The van der Waals surface area contributed by atoms with Crippen LogP contribution in [0.2, 0.25) is 0 Å². The summed E-state index contributed by atoms with van der Waals surface area (Å²) in [5.41, 5.74) is 3.20. The first-order chi connectivity index (χ1) is 8.41. The number of fused-ring (bicyclic) bond motifs is 1. The molecule has 0 spiro atoms. The van der Waals surface area contributed by atoms with Gasteiger partial charge in [-0.15, -0.1) is 0 Å². The SMILES string of the molecule is CC1(C)OB(c2cccc3c2CCN3)OC1(C)C. The van der Waals surface area contributed by atoms with E-state index >= 15 is 0 Å². The molecule has 1 N–H and O–H groups in total. The van der Waals surface area contributed by atoms with Crippen LogP contribution in [0.15, 0.2) is 18.2 Å². The number of rotatable bonds is 1. The van der Waals surface area contributed by atoms with Gasteiger partial charge in [0.1, 0.15) is 0 Å². The van der Waals surface area contributed by atoms with Crippen molar-refractivity contribution in [2.75, 3.05) is 11.9 Å². The fourth-order valence-corrected chi connectivity index (χ4v) is 2.56. The summed E-state index contributed by atoms with van der Waals surface area (Å²) in [4.78, 5) is 0. The van der Waals surface area contributed by atoms with E-state index in [-0.39, 0.29) is 18.3 Å². The predicted molar refractivity (Wildman–Crippen MR) is 74.4 cm³/mol. The monoisotopic (exact) mass is 245 g/mol. The molecule has 3 rings (SSSR count). The maximum Gasteiger partial charge on any atom is 0.495 e. The molecule has 3 nitrogen and oxygen atoms in total. The fourth-order valence-electron chi connectivity index (χ4n) is 2.56. The molecule has 1 fully saturated rings. The van der Waals surface area contributed by atoms with E-state index in [4.69, 9.17) is 9.31 Å². The van der Waals surface area contributed by atoms with Gasteiger partial charge in [0.05, 0.1) is 11.2 Å². The second kappa shape index (κ2) is 3.75. The molecule has 2 aliphatic heterocycles. The average Bonchev–Trinajstić information content (AvgIpc) is 2.81. The molecular weight excluding hydrogens is 225 g/mol. The van der Waals surface area contributed by atoms with Gasteiger partial charge in [0, 0.05) is 12.2 Å². The fraction of sp³-hybridized carbons (Fsp3) is 0.571. The molecule has 1 aromatic rings. The molecule has 2 heterocycles. The average molecular weight is 245 g/mol. The van der Waals surface area contributed by atoms with Crippen molar-refractivity contribution >= 4 is 18.3 Å². The van der Waals surface area contributed by atoms with Gasteiger partial charge < -0.3 is 14.6 Å². The summed E-state index contributed by atoms with van der Waals surface area (Å²) in [6.45, 7) is 9.37. The Balaban J connectivity index is 1.97. The number of hydrogen-bond donors (Lipinski definition) is 1. The lowest BCUT2D eigenvalue weighted by atomic mass is 9.75. The third-order valence-electron chi connectivity index (χ3n) is 4.41. The summed E-state index contributed by atoms with van der Waals surface area (Å²) in [6.07, 6.45) is 1.05. The molecular formula is C14H20BNO2. The van der Waals surface area contributed by atoms with Gasteiger partial charge in [-0.1, -0.05) is 12.1 Å². The molecule has 0 unspecified atom stereocenters. The zero-order valence-electron chi connectivity index (χ0n) is 11.5. The quantitative estimate of drug-likeness (QED) is 0.767. The summed E-state index contributed by atoms with van der Waals surface area (Å²) in [5, 5.41) is 3.39. The Labute approximate surface area is 109 Å². The standard InChI is InChI=1S/C14H20BNO2/c1-13(2)14(3,4)18-15(17-13)11-6-5-7-12-10(11)8-9-16-12/h5-7,16H,8-9H2,1-4H3. The minimum absolute atomic E-state index is 0.246. The lowest BCUT2D eigenvalue weighted by Gasteiger charge is -2.32. The van der Waals surface area contributed by atoms with Gasteiger partial charge in [0.15, 0.2) is 0 Å². The largest absolute Gasteiger partial charge is 0.495 e. The molecule has 18 heavy (non-hydrogen) atoms. The van der Waals surface area contributed by atoms with Crippen molar-refractivity contribution < 1.29 is 9.31 Å². The van der Waals surface area contributed by atoms with Gasteiger partial charge in [-0.05, 0) is 51.2 Å². The highest BCUT2D eigenvalue weighted by Crippen LogP contribution is 2.37. The zero-order valence-corrected chi connectivity index (χ0v) is 11.5. The smallest absolute Gasteiger partial charge is 0.399 e. The second-order valence-corrected chi connectivity index (χ2v) is 6.14. The van der Waals surface area contributed by atoms with Crippen LogP contribution in [0.3, 0.4) is 0 Å². The van der Waals surface area contributed by atoms with Crippen molar-refractivity contribution in [3.63, 3.8) is 0 Å². The Morgan fingerprint density at radius 1 is 1.11 bits per heavy atom. The highest BCUT2D eigenvalue weighted by atomic mass is 16.7. The van der Waals surface area contributed by atoms with E-state index in [0.717, 1.165) is 13.0 Å². The molecule has 0 atom stereocenters. The first-order valence-corrected chi connectivity index (χ1v) is 6.62. The summed E-state index contributed by atoms with van der Waals surface area (Å²) in [7, 11) is -0.246. The van der Waals surface area contributed by atoms with Gasteiger partial charge in [-0.25, -0.2) is 0 Å². The number of benzene rings is 1. The molecule has 0 aromatic heterocycles. The van der Waals surface area contributed by atoms with Crippen LogP contribution in [-0.2, 0) is 15.7 Å². The van der Waals surface area contributed by atoms with Crippen LogP contribution in [0, 0.1) is 0 Å². The molecule has 2 aliphatic rings. The van der Waals surface area contributed by atoms with Crippen LogP contribution in [0.1, 0.15) is 33.3 Å². The molecule has 0 bridgehead atoms. The first kappa shape index (κ1) is 12.1. The number of anilines is 1. The lowest BCUT2D eigenvalue weighted by Crippen LogP contribution is -2.41. The summed E-state index contributed by atoms with van der Waals surface area (Å²) in [6, 6.07) is 6.31. The van der Waals surface area contributed by atoms with Crippen LogP contribution in [-0.4, -0.2) is 24.9 Å². The number of hydrogen-bond acceptors (Lipinski definition) is 3. The van der Waals surface area contributed by atoms with Gasteiger partial charge in [-0.3, -0.25) is 0 Å². The van der Waals surface area contributed by atoms with Crippen molar-refractivity contribution in [2.24, 2.45) is 0 Å². The topological polar surface area (TPSA) is 30.5 Å². The van der Waals surface area contributed by atoms with Crippen LogP contribution in [0.25, 0.3) is 0 Å². The highest BCUT2D eigenvalue weighted by molar-refractivity contribution is 6.62. The molecule has 1 saturated heterocycles. The van der Waals surface area contributed by atoms with Crippen molar-refractivity contribution in [3.8, 4) is 0 Å². The van der Waals surface area contributed by atoms with E-state index in [1.54, 1.807) is 0 Å². The minimum Gasteiger partial charge on any atom is -0.399 e. The third-order valence-corrected chi connectivity index (χ3v) is 4.41. The van der Waals surface area contributed by atoms with Crippen molar-refractivity contribution in [2.45, 2.75) is 45.3 Å². The molecule has 0 saturated carbocycles. The summed E-state index contributed by atoms with van der Waals surface area (Å²) >= 11 is 0. The van der Waals surface area contributed by atoms with Crippen molar-refractivity contribution in [1.29, 1.82) is 0 Å². The minimum atomic E-state index is -0.271. The number of nitrogens with one attached hydrogen (secondary N) is 1. The first-order valence-electron chi connectivity index (χ1n) is 6.62. The van der Waals surface area contributed by atoms with E-state index in [0.29, 0.717) is 0 Å². The van der Waals surface area contributed by atoms with Crippen LogP contribution < -0.4 is 10.8 Å². The normalized spacial score (nSPS) is 23.9. The van der Waals surface area contributed by atoms with Crippen molar-refractivity contribution in [1.82, 2.24) is 0 Å². The van der Waals surface area contributed by atoms with Gasteiger partial charge >= 0.3 is 7.12 Å². The van der Waals surface area contributed by atoms with Crippen LogP contribution in [0.4, 0.5) is 5.69 Å². The molecule has 0 amide bonds. The van der Waals surface area contributed by atoms with Crippen LogP contribution >= 0.6 is 0 Å². The van der Waals surface area contributed by atoms with Crippen molar-refractivity contribution in [3.05, 3.63) is 23.8 Å². The van der Waals surface area contributed by atoms with E-state index < -0.39 is 0 Å². The van der Waals surface area contributed by atoms with E-state index in [2.05, 4.69) is 51.2 Å². The van der Waals surface area contributed by atoms with E-state index in [1.165, 1.54) is 16.7 Å². The van der Waals surface area contributed by atoms with Gasteiger partial charge in [0.25, 0.3) is 0 Å². The molecule has 96 valence electrons. The Hall–Kier alpha value is -0.995. The maximum absolute atomic E-state index is 6.13. The van der Waals surface area contributed by atoms with E-state index in [9.17, 15) is 0 Å². The Kier molecular flexibility index (Phi) is 2.51. The highest BCUT2D eigenvalue weighted by Gasteiger charge is 2.52. The third kappa shape index (κ3) is 1.67. The molecule has 4 heteroatoms. The van der Waals surface area contributed by atoms with E-state index in [1.807, 2.05) is 0 Å². The zero-order chi connectivity index (χ0) is 13.0. The summed E-state index contributed by atoms with van der Waals surface area (Å²) in [5.74, 6) is 0. The maximum atomic E-state index is 6.13. The predicted octanol–water partition coefficient (Wildman–Crippen LogP) is 1.95. The van der Waals surface area contributed by atoms with Crippen LogP contribution in [0.5, 0.6) is 0 Å². The second-order valence-electron chi connectivity index (χ2n) is 6.14. The summed E-state index contributed by atoms with van der Waals surface area (Å²) < 4.78 is 12.3. The Morgan fingerprint density at radius 2 is 1.78 bits per heavy atom. The van der Waals surface area contributed by atoms with Gasteiger partial charge in [0.2, 0.25) is 0 Å². The molecule has 0 aliphatic carbocycles. The Bertz CT molecular complexity index is 469. The molecule has 1 aromatic carbocycles. The molecule has 0 radical (unpaired) electrons.